The molecule has 4 N–H and O–H groups in total. The lowest BCUT2D eigenvalue weighted by atomic mass is 10.0. The number of fused-ring (bicyclic) bond motifs is 1. The van der Waals surface area contributed by atoms with Gasteiger partial charge in [0.1, 0.15) is 5.82 Å². The minimum Gasteiger partial charge on any atom is -0.365 e. The van der Waals surface area contributed by atoms with Gasteiger partial charge >= 0.3 is 0 Å². The summed E-state index contributed by atoms with van der Waals surface area (Å²) in [5.74, 6) is 0.382. The number of anilines is 1. The summed E-state index contributed by atoms with van der Waals surface area (Å²) in [6.07, 6.45) is 5.02. The number of piperidine rings is 1. The van der Waals surface area contributed by atoms with E-state index in [9.17, 15) is 4.79 Å². The van der Waals surface area contributed by atoms with Crippen LogP contribution in [0.15, 0.2) is 6.07 Å². The lowest BCUT2D eigenvalue weighted by Gasteiger charge is -2.32. The zero-order valence-corrected chi connectivity index (χ0v) is 11.1. The van der Waals surface area contributed by atoms with E-state index in [1.807, 2.05) is 6.07 Å². The van der Waals surface area contributed by atoms with Crippen molar-refractivity contribution in [2.24, 2.45) is 11.5 Å². The van der Waals surface area contributed by atoms with Crippen LogP contribution in [-0.2, 0) is 12.8 Å². The van der Waals surface area contributed by atoms with Crippen LogP contribution in [0.4, 0.5) is 5.82 Å². The Morgan fingerprint density at radius 1 is 1.32 bits per heavy atom. The molecule has 2 aliphatic rings. The first-order valence-corrected chi connectivity index (χ1v) is 6.98. The molecule has 1 aromatic rings. The molecular weight excluding hydrogens is 240 g/mol. The summed E-state index contributed by atoms with van der Waals surface area (Å²) >= 11 is 0. The molecule has 0 atom stereocenters. The predicted octanol–water partition coefficient (Wildman–Crippen LogP) is 0.597. The Bertz CT molecular complexity index is 506. The van der Waals surface area contributed by atoms with Crippen LogP contribution in [0.5, 0.6) is 0 Å². The molecule has 5 nitrogen and oxygen atoms in total. The number of hydrogen-bond acceptors (Lipinski definition) is 4. The van der Waals surface area contributed by atoms with Gasteiger partial charge in [-0.15, -0.1) is 0 Å². The number of aromatic nitrogens is 1. The summed E-state index contributed by atoms with van der Waals surface area (Å²) < 4.78 is 0. The summed E-state index contributed by atoms with van der Waals surface area (Å²) in [6.45, 7) is 1.71. The first-order chi connectivity index (χ1) is 9.15. The van der Waals surface area contributed by atoms with Gasteiger partial charge < -0.3 is 16.4 Å². The number of pyridine rings is 1. The number of aryl methyl sites for hydroxylation is 2. The second-order valence-corrected chi connectivity index (χ2v) is 5.51. The van der Waals surface area contributed by atoms with Gasteiger partial charge in [0.25, 0.3) is 5.91 Å². The molecule has 1 saturated heterocycles. The summed E-state index contributed by atoms with van der Waals surface area (Å²) in [6, 6.07) is 2.21. The second kappa shape index (κ2) is 4.81. The number of nitrogens with zero attached hydrogens (tertiary/aromatic N) is 2. The number of rotatable bonds is 2. The average Bonchev–Trinajstić information content (AvgIpc) is 2.85. The van der Waals surface area contributed by atoms with Crippen LogP contribution >= 0.6 is 0 Å². The molecule has 1 aliphatic heterocycles. The smallest absolute Gasteiger partial charge is 0.252 e. The predicted molar refractivity (Wildman–Crippen MR) is 74.2 cm³/mol. The molecule has 19 heavy (non-hydrogen) atoms. The van der Waals surface area contributed by atoms with Crippen LogP contribution < -0.4 is 16.4 Å². The van der Waals surface area contributed by atoms with Crippen LogP contribution in [0, 0.1) is 0 Å². The molecule has 1 amide bonds. The maximum absolute atomic E-state index is 11.7. The molecular formula is C14H20N4O. The van der Waals surface area contributed by atoms with E-state index in [1.54, 1.807) is 0 Å². The van der Waals surface area contributed by atoms with Crippen LogP contribution in [0.3, 0.4) is 0 Å². The van der Waals surface area contributed by atoms with Crippen molar-refractivity contribution in [3.8, 4) is 0 Å². The van der Waals surface area contributed by atoms with Gasteiger partial charge in [-0.25, -0.2) is 4.98 Å². The van der Waals surface area contributed by atoms with Crippen molar-refractivity contribution in [1.82, 2.24) is 4.98 Å². The van der Waals surface area contributed by atoms with E-state index in [0.717, 1.165) is 56.7 Å². The molecule has 0 unspecified atom stereocenters. The zero-order valence-electron chi connectivity index (χ0n) is 11.1. The number of carbonyl (C=O) groups excluding carboxylic acids is 1. The number of hydrogen-bond donors (Lipinski definition) is 2. The number of amides is 1. The Balaban J connectivity index is 1.97. The number of primary amides is 1. The zero-order chi connectivity index (χ0) is 13.4. The van der Waals surface area contributed by atoms with Crippen molar-refractivity contribution in [3.05, 3.63) is 22.9 Å². The van der Waals surface area contributed by atoms with Gasteiger partial charge in [-0.05, 0) is 43.7 Å². The first-order valence-electron chi connectivity index (χ1n) is 6.98. The molecule has 2 heterocycles. The Morgan fingerprint density at radius 3 is 2.74 bits per heavy atom. The van der Waals surface area contributed by atoms with E-state index in [1.165, 1.54) is 5.56 Å². The van der Waals surface area contributed by atoms with Crippen LogP contribution in [0.2, 0.25) is 0 Å². The van der Waals surface area contributed by atoms with E-state index in [0.29, 0.717) is 5.56 Å². The van der Waals surface area contributed by atoms with Gasteiger partial charge in [0.15, 0.2) is 0 Å². The highest BCUT2D eigenvalue weighted by Gasteiger charge is 2.24. The van der Waals surface area contributed by atoms with Crippen molar-refractivity contribution in [2.45, 2.75) is 38.1 Å². The van der Waals surface area contributed by atoms with Crippen LogP contribution in [0.1, 0.15) is 40.9 Å². The fraction of sp³-hybridized carbons (Fsp3) is 0.571. The van der Waals surface area contributed by atoms with E-state index in [2.05, 4.69) is 4.90 Å². The normalized spacial score (nSPS) is 19.5. The summed E-state index contributed by atoms with van der Waals surface area (Å²) in [4.78, 5) is 18.5. The third-order valence-corrected chi connectivity index (χ3v) is 4.14. The second-order valence-electron chi connectivity index (χ2n) is 5.51. The summed E-state index contributed by atoms with van der Waals surface area (Å²) in [5, 5.41) is 0. The van der Waals surface area contributed by atoms with Crippen molar-refractivity contribution >= 4 is 11.7 Å². The van der Waals surface area contributed by atoms with E-state index in [-0.39, 0.29) is 11.9 Å². The molecule has 3 rings (SSSR count). The Labute approximate surface area is 113 Å². The van der Waals surface area contributed by atoms with Gasteiger partial charge in [0.05, 0.1) is 5.56 Å². The topological polar surface area (TPSA) is 85.2 Å². The lowest BCUT2D eigenvalue weighted by molar-refractivity contribution is 0.100. The maximum atomic E-state index is 11.7. The number of nitrogens with two attached hydrogens (primary N) is 2. The van der Waals surface area contributed by atoms with Crippen LogP contribution in [0.25, 0.3) is 0 Å². The van der Waals surface area contributed by atoms with Crippen molar-refractivity contribution in [1.29, 1.82) is 0 Å². The fourth-order valence-corrected chi connectivity index (χ4v) is 2.99. The van der Waals surface area contributed by atoms with Gasteiger partial charge in [-0.1, -0.05) is 0 Å². The fourth-order valence-electron chi connectivity index (χ4n) is 2.99. The third-order valence-electron chi connectivity index (χ3n) is 4.14. The Morgan fingerprint density at radius 2 is 2.05 bits per heavy atom. The third kappa shape index (κ3) is 2.30. The highest BCUT2D eigenvalue weighted by molar-refractivity contribution is 5.98. The molecule has 0 saturated carbocycles. The molecule has 5 heteroatoms. The van der Waals surface area contributed by atoms with Gasteiger partial charge in [-0.2, -0.15) is 0 Å². The molecule has 0 aromatic carbocycles. The minimum atomic E-state index is -0.382. The lowest BCUT2D eigenvalue weighted by Crippen LogP contribution is -2.41. The Hall–Kier alpha value is -1.62. The maximum Gasteiger partial charge on any atom is 0.252 e. The highest BCUT2D eigenvalue weighted by Crippen LogP contribution is 2.28. The SMILES string of the molecule is NC(=O)c1cc2c(nc1N1CCC(N)CC1)CCC2. The van der Waals surface area contributed by atoms with Crippen LogP contribution in [-0.4, -0.2) is 30.0 Å². The van der Waals surface area contributed by atoms with Crippen molar-refractivity contribution in [3.63, 3.8) is 0 Å². The van der Waals surface area contributed by atoms with Gasteiger partial charge in [-0.3, -0.25) is 4.79 Å². The summed E-state index contributed by atoms with van der Waals surface area (Å²) in [5.41, 5.74) is 14.3. The minimum absolute atomic E-state index is 0.266. The molecule has 102 valence electrons. The van der Waals surface area contributed by atoms with Crippen molar-refractivity contribution < 1.29 is 4.79 Å². The standard InChI is InChI=1S/C14H20N4O/c15-10-4-6-18(7-5-10)14-11(13(16)19)8-9-2-1-3-12(9)17-14/h8,10H,1-7,15H2,(H2,16,19). The van der Waals surface area contributed by atoms with Crippen molar-refractivity contribution in [2.75, 3.05) is 18.0 Å². The number of carbonyl (C=O) groups is 1. The quantitative estimate of drug-likeness (QED) is 0.815. The molecule has 1 aromatic heterocycles. The Kier molecular flexibility index (Phi) is 3.14. The summed E-state index contributed by atoms with van der Waals surface area (Å²) in [7, 11) is 0. The highest BCUT2D eigenvalue weighted by atomic mass is 16.1. The molecule has 1 fully saturated rings. The average molecular weight is 260 g/mol. The molecule has 0 bridgehead atoms. The van der Waals surface area contributed by atoms with Gasteiger partial charge in [0.2, 0.25) is 0 Å². The van der Waals surface area contributed by atoms with Gasteiger partial charge in [0, 0.05) is 24.8 Å². The largest absolute Gasteiger partial charge is 0.365 e. The monoisotopic (exact) mass is 260 g/mol. The molecule has 0 radical (unpaired) electrons. The van der Waals surface area contributed by atoms with E-state index >= 15 is 0 Å². The molecule has 0 spiro atoms. The van der Waals surface area contributed by atoms with E-state index < -0.39 is 0 Å². The first kappa shape index (κ1) is 12.4. The molecule has 1 aliphatic carbocycles. The van der Waals surface area contributed by atoms with E-state index in [4.69, 9.17) is 16.5 Å².